The van der Waals surface area contributed by atoms with Crippen molar-refractivity contribution in [2.75, 3.05) is 6.54 Å². The molecule has 0 heterocycles. The number of urea groups is 1. The van der Waals surface area contributed by atoms with E-state index in [0.29, 0.717) is 12.5 Å². The van der Waals surface area contributed by atoms with Gasteiger partial charge in [0.15, 0.2) is 0 Å². The van der Waals surface area contributed by atoms with Crippen LogP contribution in [0.3, 0.4) is 0 Å². The molecule has 0 bridgehead atoms. The number of rotatable bonds is 5. The van der Waals surface area contributed by atoms with Gasteiger partial charge in [0.2, 0.25) is 0 Å². The molecule has 1 atom stereocenters. The Hall–Kier alpha value is -1.26. The highest BCUT2D eigenvalue weighted by Crippen LogP contribution is 2.33. The lowest BCUT2D eigenvalue weighted by molar-refractivity contribution is -0.137. The summed E-state index contributed by atoms with van der Waals surface area (Å²) in [6, 6.07) is -0.495. The van der Waals surface area contributed by atoms with Crippen molar-refractivity contribution in [3.8, 4) is 0 Å². The normalized spacial score (nSPS) is 17.4. The van der Waals surface area contributed by atoms with Crippen molar-refractivity contribution in [2.45, 2.75) is 46.1 Å². The highest BCUT2D eigenvalue weighted by Gasteiger charge is 2.33. The van der Waals surface area contributed by atoms with E-state index in [1.54, 1.807) is 0 Å². The fourth-order valence-corrected chi connectivity index (χ4v) is 1.59. The van der Waals surface area contributed by atoms with Crippen LogP contribution >= 0.6 is 0 Å². The largest absolute Gasteiger partial charge is 0.481 e. The third-order valence-electron chi connectivity index (χ3n) is 2.68. The maximum Gasteiger partial charge on any atom is 0.315 e. The molecule has 1 rings (SSSR count). The van der Waals surface area contributed by atoms with Crippen LogP contribution in [0.4, 0.5) is 4.79 Å². The Bertz CT molecular complexity index is 293. The average Bonchev–Trinajstić information content (AvgIpc) is 2.94. The van der Waals surface area contributed by atoms with E-state index in [1.807, 2.05) is 20.8 Å². The zero-order valence-electron chi connectivity index (χ0n) is 10.7. The Balaban J connectivity index is 2.34. The summed E-state index contributed by atoms with van der Waals surface area (Å²) >= 11 is 0. The van der Waals surface area contributed by atoms with Gasteiger partial charge in [-0.3, -0.25) is 4.79 Å². The number of carboxylic acids is 1. The van der Waals surface area contributed by atoms with Crippen molar-refractivity contribution < 1.29 is 14.7 Å². The molecule has 1 aliphatic carbocycles. The lowest BCUT2D eigenvalue weighted by Gasteiger charge is -2.21. The number of carbonyl (C=O) groups is 2. The quantitative estimate of drug-likeness (QED) is 0.685. The van der Waals surface area contributed by atoms with E-state index in [4.69, 9.17) is 5.11 Å². The van der Waals surface area contributed by atoms with Gasteiger partial charge in [0.25, 0.3) is 0 Å². The average molecular weight is 242 g/mol. The topological polar surface area (TPSA) is 78.4 Å². The summed E-state index contributed by atoms with van der Waals surface area (Å²) in [4.78, 5) is 22.3. The van der Waals surface area contributed by atoms with E-state index in [9.17, 15) is 9.59 Å². The number of amides is 2. The minimum Gasteiger partial charge on any atom is -0.481 e. The van der Waals surface area contributed by atoms with Crippen LogP contribution in [0.25, 0.3) is 0 Å². The second-order valence-electron chi connectivity index (χ2n) is 5.93. The number of hydrogen-bond acceptors (Lipinski definition) is 2. The Morgan fingerprint density at radius 3 is 2.35 bits per heavy atom. The molecule has 0 spiro atoms. The fourth-order valence-electron chi connectivity index (χ4n) is 1.59. The molecular weight excluding hydrogens is 220 g/mol. The SMILES string of the molecule is CC(C)(C)CNC(=O)NC(CC(=O)O)C1CC1. The van der Waals surface area contributed by atoms with Crippen LogP contribution in [0.1, 0.15) is 40.0 Å². The van der Waals surface area contributed by atoms with Crippen LogP contribution in [0, 0.1) is 11.3 Å². The van der Waals surface area contributed by atoms with Gasteiger partial charge in [-0.25, -0.2) is 4.79 Å². The Kier molecular flexibility index (Phi) is 4.37. The third kappa shape index (κ3) is 6.14. The molecule has 0 aliphatic heterocycles. The molecule has 5 nitrogen and oxygen atoms in total. The molecule has 0 aromatic carbocycles. The van der Waals surface area contributed by atoms with Crippen molar-refractivity contribution >= 4 is 12.0 Å². The van der Waals surface area contributed by atoms with Gasteiger partial charge in [-0.05, 0) is 24.2 Å². The van der Waals surface area contributed by atoms with Crippen LogP contribution in [0.5, 0.6) is 0 Å². The van der Waals surface area contributed by atoms with Gasteiger partial charge >= 0.3 is 12.0 Å². The van der Waals surface area contributed by atoms with Crippen molar-refractivity contribution in [1.29, 1.82) is 0 Å². The summed E-state index contributed by atoms with van der Waals surface area (Å²) in [6.07, 6.45) is 2.03. The van der Waals surface area contributed by atoms with Crippen molar-refractivity contribution in [2.24, 2.45) is 11.3 Å². The molecule has 1 saturated carbocycles. The minimum atomic E-state index is -0.863. The monoisotopic (exact) mass is 242 g/mol. The number of aliphatic carboxylic acids is 1. The summed E-state index contributed by atoms with van der Waals surface area (Å²) in [6.45, 7) is 6.66. The summed E-state index contributed by atoms with van der Waals surface area (Å²) < 4.78 is 0. The smallest absolute Gasteiger partial charge is 0.315 e. The van der Waals surface area contributed by atoms with Crippen LogP contribution < -0.4 is 10.6 Å². The molecule has 1 fully saturated rings. The van der Waals surface area contributed by atoms with Crippen LogP contribution in [-0.4, -0.2) is 29.7 Å². The van der Waals surface area contributed by atoms with Gasteiger partial charge in [-0.15, -0.1) is 0 Å². The molecule has 3 N–H and O–H groups in total. The molecule has 0 saturated heterocycles. The van der Waals surface area contributed by atoms with Gasteiger partial charge in [-0.2, -0.15) is 0 Å². The molecule has 98 valence electrons. The summed E-state index contributed by atoms with van der Waals surface area (Å²) in [5, 5.41) is 14.3. The lowest BCUT2D eigenvalue weighted by Crippen LogP contribution is -2.46. The number of carboxylic acid groups (broad SMARTS) is 1. The number of nitrogens with one attached hydrogen (secondary N) is 2. The second kappa shape index (κ2) is 5.38. The van der Waals surface area contributed by atoms with E-state index in [0.717, 1.165) is 12.8 Å². The van der Waals surface area contributed by atoms with E-state index >= 15 is 0 Å². The van der Waals surface area contributed by atoms with Gasteiger partial charge in [0.05, 0.1) is 6.42 Å². The van der Waals surface area contributed by atoms with Gasteiger partial charge < -0.3 is 15.7 Å². The lowest BCUT2D eigenvalue weighted by atomic mass is 9.97. The van der Waals surface area contributed by atoms with Crippen LogP contribution in [-0.2, 0) is 4.79 Å². The van der Waals surface area contributed by atoms with Gasteiger partial charge in [-0.1, -0.05) is 20.8 Å². The first kappa shape index (κ1) is 13.8. The highest BCUT2D eigenvalue weighted by atomic mass is 16.4. The molecule has 2 amide bonds. The Labute approximate surface area is 102 Å². The molecule has 0 radical (unpaired) electrons. The van der Waals surface area contributed by atoms with Crippen LogP contribution in [0.2, 0.25) is 0 Å². The van der Waals surface area contributed by atoms with Crippen molar-refractivity contribution in [3.05, 3.63) is 0 Å². The summed E-state index contributed by atoms with van der Waals surface area (Å²) in [7, 11) is 0. The van der Waals surface area contributed by atoms with E-state index in [-0.39, 0.29) is 23.9 Å². The fraction of sp³-hybridized carbons (Fsp3) is 0.833. The Morgan fingerprint density at radius 2 is 1.94 bits per heavy atom. The molecule has 0 aromatic heterocycles. The van der Waals surface area contributed by atoms with E-state index in [1.165, 1.54) is 0 Å². The molecule has 1 aliphatic rings. The number of hydrogen-bond donors (Lipinski definition) is 3. The number of carbonyl (C=O) groups excluding carboxylic acids is 1. The molecule has 0 aromatic rings. The molecule has 1 unspecified atom stereocenters. The van der Waals surface area contributed by atoms with Crippen molar-refractivity contribution in [1.82, 2.24) is 10.6 Å². The zero-order chi connectivity index (χ0) is 13.1. The Morgan fingerprint density at radius 1 is 1.35 bits per heavy atom. The van der Waals surface area contributed by atoms with E-state index < -0.39 is 5.97 Å². The standard InChI is InChI=1S/C12H22N2O3/c1-12(2,3)7-13-11(17)14-9(6-10(15)16)8-4-5-8/h8-9H,4-7H2,1-3H3,(H,15,16)(H2,13,14,17). The highest BCUT2D eigenvalue weighted by molar-refractivity contribution is 5.75. The second-order valence-corrected chi connectivity index (χ2v) is 5.93. The summed E-state index contributed by atoms with van der Waals surface area (Å²) in [5.41, 5.74) is 0.0270. The zero-order valence-corrected chi connectivity index (χ0v) is 10.7. The van der Waals surface area contributed by atoms with E-state index in [2.05, 4.69) is 10.6 Å². The predicted molar refractivity (Wildman–Crippen MR) is 64.8 cm³/mol. The van der Waals surface area contributed by atoms with Crippen LogP contribution in [0.15, 0.2) is 0 Å². The maximum atomic E-state index is 11.6. The molecule has 5 heteroatoms. The molecular formula is C12H22N2O3. The minimum absolute atomic E-state index is 0.00754. The predicted octanol–water partition coefficient (Wildman–Crippen LogP) is 1.58. The first-order chi connectivity index (χ1) is 7.78. The van der Waals surface area contributed by atoms with Gasteiger partial charge in [0, 0.05) is 12.6 Å². The first-order valence-electron chi connectivity index (χ1n) is 6.04. The first-order valence-corrected chi connectivity index (χ1v) is 6.04. The van der Waals surface area contributed by atoms with Crippen molar-refractivity contribution in [3.63, 3.8) is 0 Å². The maximum absolute atomic E-state index is 11.6. The van der Waals surface area contributed by atoms with Gasteiger partial charge in [0.1, 0.15) is 0 Å². The summed E-state index contributed by atoms with van der Waals surface area (Å²) in [5.74, 6) is -0.524. The molecule has 17 heavy (non-hydrogen) atoms. The third-order valence-corrected chi connectivity index (χ3v) is 2.68.